The van der Waals surface area contributed by atoms with Gasteiger partial charge >= 0.3 is 0 Å². The Morgan fingerprint density at radius 2 is 1.92 bits per heavy atom. The van der Waals surface area contributed by atoms with Crippen molar-refractivity contribution in [1.82, 2.24) is 0 Å². The normalized spacial score (nSPS) is 19.8. The Morgan fingerprint density at radius 1 is 1.23 bits per heavy atom. The van der Waals surface area contributed by atoms with Crippen molar-refractivity contribution < 1.29 is 0 Å². The molecule has 0 spiro atoms. The molecule has 0 N–H and O–H groups in total. The van der Waals surface area contributed by atoms with E-state index in [0.717, 1.165) is 18.1 Å². The summed E-state index contributed by atoms with van der Waals surface area (Å²) in [5.41, 5.74) is 1.10. The number of rotatable bonds is 4. The standard InChI is InChI=1S/C12H19N/c1-3-12(13-4-2)10-11-8-6-5-7-9-11/h3-4,11H,1-2,5-10H2. The fourth-order valence-corrected chi connectivity index (χ4v) is 1.99. The molecule has 0 aromatic heterocycles. The van der Waals surface area contributed by atoms with E-state index in [9.17, 15) is 0 Å². The highest BCUT2D eigenvalue weighted by Crippen LogP contribution is 2.26. The lowest BCUT2D eigenvalue weighted by Gasteiger charge is -2.21. The summed E-state index contributed by atoms with van der Waals surface area (Å²) in [6, 6.07) is 0. The van der Waals surface area contributed by atoms with Gasteiger partial charge in [-0.1, -0.05) is 45.3 Å². The van der Waals surface area contributed by atoms with Crippen LogP contribution in [-0.2, 0) is 0 Å². The summed E-state index contributed by atoms with van der Waals surface area (Å²) in [5.74, 6) is 0.838. The number of nitrogens with zero attached hydrogens (tertiary/aromatic N) is 1. The molecule has 0 saturated heterocycles. The summed E-state index contributed by atoms with van der Waals surface area (Å²) >= 11 is 0. The van der Waals surface area contributed by atoms with Gasteiger partial charge in [0.25, 0.3) is 0 Å². The predicted octanol–water partition coefficient (Wildman–Crippen LogP) is 3.73. The van der Waals surface area contributed by atoms with E-state index in [1.54, 1.807) is 6.20 Å². The monoisotopic (exact) mass is 177 g/mol. The summed E-state index contributed by atoms with van der Waals surface area (Å²) in [5, 5.41) is 0. The van der Waals surface area contributed by atoms with Gasteiger partial charge in [0.1, 0.15) is 0 Å². The molecule has 0 unspecified atom stereocenters. The second-order valence-electron chi connectivity index (χ2n) is 3.72. The summed E-state index contributed by atoms with van der Waals surface area (Å²) in [6.07, 6.45) is 11.5. The van der Waals surface area contributed by atoms with Crippen LogP contribution in [0.4, 0.5) is 0 Å². The van der Waals surface area contributed by atoms with Gasteiger partial charge in [0.2, 0.25) is 0 Å². The van der Waals surface area contributed by atoms with Crippen LogP contribution in [0.15, 0.2) is 30.4 Å². The highest BCUT2D eigenvalue weighted by atomic mass is 14.7. The molecule has 0 radical (unpaired) electrons. The predicted molar refractivity (Wildman–Crippen MR) is 59.0 cm³/mol. The maximum Gasteiger partial charge on any atom is 0.0400 e. The Labute approximate surface area is 81.3 Å². The summed E-state index contributed by atoms with van der Waals surface area (Å²) in [7, 11) is 0. The van der Waals surface area contributed by atoms with Crippen LogP contribution in [0.2, 0.25) is 0 Å². The lowest BCUT2D eigenvalue weighted by atomic mass is 9.85. The molecule has 0 bridgehead atoms. The number of aliphatic imine (C=N–C) groups is 1. The molecule has 0 atom stereocenters. The minimum atomic E-state index is 0.838. The Morgan fingerprint density at radius 3 is 2.46 bits per heavy atom. The van der Waals surface area contributed by atoms with E-state index in [4.69, 9.17) is 0 Å². The third-order valence-electron chi connectivity index (χ3n) is 2.72. The van der Waals surface area contributed by atoms with E-state index in [0.29, 0.717) is 0 Å². The number of hydrogen-bond acceptors (Lipinski definition) is 1. The highest BCUT2D eigenvalue weighted by Gasteiger charge is 2.14. The zero-order valence-corrected chi connectivity index (χ0v) is 8.34. The number of hydrogen-bond donors (Lipinski definition) is 0. The first kappa shape index (κ1) is 10.2. The van der Waals surface area contributed by atoms with Gasteiger partial charge in [-0.15, -0.1) is 0 Å². The molecule has 72 valence electrons. The first-order chi connectivity index (χ1) is 6.36. The smallest absolute Gasteiger partial charge is 0.0400 e. The van der Waals surface area contributed by atoms with Crippen LogP contribution in [0.3, 0.4) is 0 Å². The van der Waals surface area contributed by atoms with Crippen molar-refractivity contribution >= 4 is 5.71 Å². The molecule has 0 aromatic rings. The van der Waals surface area contributed by atoms with Crippen molar-refractivity contribution in [2.45, 2.75) is 38.5 Å². The first-order valence-corrected chi connectivity index (χ1v) is 5.17. The summed E-state index contributed by atoms with van der Waals surface area (Å²) < 4.78 is 0. The second-order valence-corrected chi connectivity index (χ2v) is 3.72. The minimum absolute atomic E-state index is 0.838. The molecule has 13 heavy (non-hydrogen) atoms. The molecule has 1 aliphatic carbocycles. The van der Waals surface area contributed by atoms with Gasteiger partial charge in [0.15, 0.2) is 0 Å². The molecule has 1 heteroatoms. The highest BCUT2D eigenvalue weighted by molar-refractivity contribution is 5.94. The zero-order chi connectivity index (χ0) is 9.52. The fraction of sp³-hybridized carbons (Fsp3) is 0.583. The maximum absolute atomic E-state index is 4.20. The lowest BCUT2D eigenvalue weighted by Crippen LogP contribution is -2.10. The first-order valence-electron chi connectivity index (χ1n) is 5.17. The molecular weight excluding hydrogens is 158 g/mol. The third-order valence-corrected chi connectivity index (χ3v) is 2.72. The summed E-state index contributed by atoms with van der Waals surface area (Å²) in [4.78, 5) is 4.20. The van der Waals surface area contributed by atoms with Crippen LogP contribution in [0.5, 0.6) is 0 Å². The van der Waals surface area contributed by atoms with E-state index < -0.39 is 0 Å². The van der Waals surface area contributed by atoms with Gasteiger partial charge in [-0.2, -0.15) is 0 Å². The molecule has 0 aromatic carbocycles. The van der Waals surface area contributed by atoms with Crippen molar-refractivity contribution in [3.05, 3.63) is 25.4 Å². The lowest BCUT2D eigenvalue weighted by molar-refractivity contribution is 0.368. The molecule has 0 aliphatic heterocycles. The second kappa shape index (κ2) is 5.74. The van der Waals surface area contributed by atoms with Crippen LogP contribution >= 0.6 is 0 Å². The quantitative estimate of drug-likeness (QED) is 0.580. The van der Waals surface area contributed by atoms with E-state index in [1.165, 1.54) is 32.1 Å². The molecule has 1 aliphatic rings. The Balaban J connectivity index is 2.40. The van der Waals surface area contributed by atoms with E-state index in [1.807, 2.05) is 6.08 Å². The number of allylic oxidation sites excluding steroid dienone is 1. The molecule has 1 saturated carbocycles. The topological polar surface area (TPSA) is 12.4 Å². The van der Waals surface area contributed by atoms with Gasteiger partial charge < -0.3 is 0 Å². The molecule has 1 nitrogen and oxygen atoms in total. The maximum atomic E-state index is 4.20. The van der Waals surface area contributed by atoms with Crippen molar-refractivity contribution in [1.29, 1.82) is 0 Å². The molecule has 1 fully saturated rings. The van der Waals surface area contributed by atoms with Crippen LogP contribution in [-0.4, -0.2) is 5.71 Å². The largest absolute Gasteiger partial charge is 0.262 e. The Kier molecular flexibility index (Phi) is 4.52. The zero-order valence-electron chi connectivity index (χ0n) is 8.34. The SMILES string of the molecule is C=CN=C(C=C)CC1CCCCC1. The van der Waals surface area contributed by atoms with Crippen molar-refractivity contribution in [2.75, 3.05) is 0 Å². The van der Waals surface area contributed by atoms with Gasteiger partial charge in [0, 0.05) is 11.9 Å². The molecule has 1 rings (SSSR count). The summed E-state index contributed by atoms with van der Waals surface area (Å²) in [6.45, 7) is 7.37. The van der Waals surface area contributed by atoms with Gasteiger partial charge in [-0.3, -0.25) is 4.99 Å². The fourth-order valence-electron chi connectivity index (χ4n) is 1.99. The Bertz CT molecular complexity index is 197. The average molecular weight is 177 g/mol. The average Bonchev–Trinajstić information content (AvgIpc) is 2.19. The third kappa shape index (κ3) is 3.58. The van der Waals surface area contributed by atoms with E-state index in [2.05, 4.69) is 18.2 Å². The van der Waals surface area contributed by atoms with Crippen LogP contribution in [0.1, 0.15) is 38.5 Å². The Hall–Kier alpha value is -0.850. The molecule has 0 amide bonds. The van der Waals surface area contributed by atoms with Crippen molar-refractivity contribution in [3.63, 3.8) is 0 Å². The van der Waals surface area contributed by atoms with E-state index in [-0.39, 0.29) is 0 Å². The van der Waals surface area contributed by atoms with Gasteiger partial charge in [0.05, 0.1) is 0 Å². The van der Waals surface area contributed by atoms with Crippen molar-refractivity contribution in [2.24, 2.45) is 10.9 Å². The van der Waals surface area contributed by atoms with E-state index >= 15 is 0 Å². The van der Waals surface area contributed by atoms with Crippen molar-refractivity contribution in [3.8, 4) is 0 Å². The van der Waals surface area contributed by atoms with Gasteiger partial charge in [-0.05, 0) is 18.4 Å². The molecule has 0 heterocycles. The van der Waals surface area contributed by atoms with Crippen LogP contribution in [0.25, 0.3) is 0 Å². The van der Waals surface area contributed by atoms with Gasteiger partial charge in [-0.25, -0.2) is 0 Å². The molecular formula is C12H19N. The van der Waals surface area contributed by atoms with Crippen LogP contribution in [0, 0.1) is 5.92 Å². The minimum Gasteiger partial charge on any atom is -0.262 e. The van der Waals surface area contributed by atoms with Crippen LogP contribution < -0.4 is 0 Å².